The zero-order chi connectivity index (χ0) is 15.6. The van der Waals surface area contributed by atoms with Crippen LogP contribution in [0.5, 0.6) is 5.75 Å². The van der Waals surface area contributed by atoms with Crippen LogP contribution in [0.15, 0.2) is 39.2 Å². The summed E-state index contributed by atoms with van der Waals surface area (Å²) in [5, 5.41) is 3.14. The lowest BCUT2D eigenvalue weighted by Crippen LogP contribution is -2.17. The Kier molecular flexibility index (Phi) is 4.51. The van der Waals surface area contributed by atoms with Crippen molar-refractivity contribution in [1.82, 2.24) is 0 Å². The number of rotatable bonds is 4. The summed E-state index contributed by atoms with van der Waals surface area (Å²) in [6.07, 6.45) is -4.71. The highest BCUT2D eigenvalue weighted by Crippen LogP contribution is 2.33. The van der Waals surface area contributed by atoms with Crippen molar-refractivity contribution in [2.75, 3.05) is 5.32 Å². The molecule has 0 spiro atoms. The Morgan fingerprint density at radius 2 is 1.95 bits per heavy atom. The number of anilines is 1. The first-order valence-corrected chi connectivity index (χ1v) is 6.92. The van der Waals surface area contributed by atoms with Gasteiger partial charge in [-0.2, -0.15) is 0 Å². The standard InChI is InChI=1S/C14H13BrF3NO2/c1-8-3-5-12(20-8)9(2)19-10-4-6-13(11(15)7-10)21-14(16,17)18/h3-7,9,19H,1-2H3. The second kappa shape index (κ2) is 6.01. The topological polar surface area (TPSA) is 34.4 Å². The van der Waals surface area contributed by atoms with Crippen LogP contribution < -0.4 is 10.1 Å². The van der Waals surface area contributed by atoms with Crippen molar-refractivity contribution in [2.24, 2.45) is 0 Å². The highest BCUT2D eigenvalue weighted by Gasteiger charge is 2.31. The van der Waals surface area contributed by atoms with Crippen LogP contribution in [0, 0.1) is 6.92 Å². The van der Waals surface area contributed by atoms with Gasteiger partial charge in [0.15, 0.2) is 0 Å². The third kappa shape index (κ3) is 4.42. The van der Waals surface area contributed by atoms with Gasteiger partial charge < -0.3 is 14.5 Å². The van der Waals surface area contributed by atoms with Crippen LogP contribution >= 0.6 is 15.9 Å². The van der Waals surface area contributed by atoms with E-state index in [9.17, 15) is 13.2 Å². The summed E-state index contributed by atoms with van der Waals surface area (Å²) in [5.41, 5.74) is 0.651. The summed E-state index contributed by atoms with van der Waals surface area (Å²) in [7, 11) is 0. The van der Waals surface area contributed by atoms with Crippen molar-refractivity contribution in [3.05, 3.63) is 46.3 Å². The molecule has 2 rings (SSSR count). The summed E-state index contributed by atoms with van der Waals surface area (Å²) < 4.78 is 46.1. The van der Waals surface area contributed by atoms with Gasteiger partial charge in [-0.1, -0.05) is 0 Å². The smallest absolute Gasteiger partial charge is 0.464 e. The minimum absolute atomic E-state index is 0.111. The normalized spacial score (nSPS) is 13.0. The number of furan rings is 1. The molecule has 1 atom stereocenters. The molecular formula is C14H13BrF3NO2. The van der Waals surface area contributed by atoms with Crippen molar-refractivity contribution in [3.8, 4) is 5.75 Å². The molecule has 7 heteroatoms. The summed E-state index contributed by atoms with van der Waals surface area (Å²) in [5.74, 6) is 1.27. The zero-order valence-corrected chi connectivity index (χ0v) is 12.9. The van der Waals surface area contributed by atoms with Crippen LogP contribution in [0.1, 0.15) is 24.5 Å². The molecule has 1 N–H and O–H groups in total. The number of nitrogens with one attached hydrogen (secondary N) is 1. The lowest BCUT2D eigenvalue weighted by Gasteiger charge is -2.15. The Morgan fingerprint density at radius 3 is 2.48 bits per heavy atom. The maximum atomic E-state index is 12.2. The van der Waals surface area contributed by atoms with E-state index in [-0.39, 0.29) is 16.3 Å². The number of ether oxygens (including phenoxy) is 1. The van der Waals surface area contributed by atoms with Crippen molar-refractivity contribution in [2.45, 2.75) is 26.3 Å². The van der Waals surface area contributed by atoms with Crippen molar-refractivity contribution in [3.63, 3.8) is 0 Å². The molecule has 0 radical (unpaired) electrons. The van der Waals surface area contributed by atoms with E-state index in [1.54, 1.807) is 0 Å². The summed E-state index contributed by atoms with van der Waals surface area (Å²) in [6.45, 7) is 3.74. The Bertz CT molecular complexity index is 625. The predicted octanol–water partition coefficient (Wildman–Crippen LogP) is 5.42. The molecule has 21 heavy (non-hydrogen) atoms. The van der Waals surface area contributed by atoms with Crippen LogP contribution in [-0.2, 0) is 0 Å². The number of halogens is 4. The fourth-order valence-electron chi connectivity index (χ4n) is 1.81. The molecule has 1 heterocycles. The van der Waals surface area contributed by atoms with Crippen LogP contribution in [0.4, 0.5) is 18.9 Å². The largest absolute Gasteiger partial charge is 0.573 e. The molecule has 1 unspecified atom stereocenters. The molecule has 0 aliphatic rings. The molecule has 0 aliphatic carbocycles. The van der Waals surface area contributed by atoms with Gasteiger partial charge in [-0.25, -0.2) is 0 Å². The molecule has 1 aromatic heterocycles. The number of hydrogen-bond donors (Lipinski definition) is 1. The van der Waals surface area contributed by atoms with Crippen molar-refractivity contribution in [1.29, 1.82) is 0 Å². The molecule has 0 saturated carbocycles. The van der Waals surface area contributed by atoms with Gasteiger partial charge in [-0.3, -0.25) is 0 Å². The Balaban J connectivity index is 2.10. The maximum absolute atomic E-state index is 12.2. The van der Waals surface area contributed by atoms with Gasteiger partial charge in [0.25, 0.3) is 0 Å². The Hall–Kier alpha value is -1.63. The van der Waals surface area contributed by atoms with E-state index in [0.29, 0.717) is 5.69 Å². The molecular weight excluding hydrogens is 351 g/mol. The molecule has 0 fully saturated rings. The van der Waals surface area contributed by atoms with Crippen LogP contribution in [0.2, 0.25) is 0 Å². The summed E-state index contributed by atoms with van der Waals surface area (Å²) in [4.78, 5) is 0. The second-order valence-electron chi connectivity index (χ2n) is 4.51. The molecule has 0 aliphatic heterocycles. The second-order valence-corrected chi connectivity index (χ2v) is 5.36. The molecule has 114 valence electrons. The van der Waals surface area contributed by atoms with Gasteiger partial charge in [-0.15, -0.1) is 13.2 Å². The molecule has 1 aromatic carbocycles. The monoisotopic (exact) mass is 363 g/mol. The Labute approximate surface area is 128 Å². The first-order chi connectivity index (χ1) is 9.74. The van der Waals surface area contributed by atoms with E-state index in [0.717, 1.165) is 11.5 Å². The molecule has 0 saturated heterocycles. The van der Waals surface area contributed by atoms with Gasteiger partial charge in [0, 0.05) is 5.69 Å². The van der Waals surface area contributed by atoms with Crippen LogP contribution in [0.25, 0.3) is 0 Å². The van der Waals surface area contributed by atoms with Crippen molar-refractivity contribution < 1.29 is 22.3 Å². The predicted molar refractivity (Wildman–Crippen MR) is 76.3 cm³/mol. The quantitative estimate of drug-likeness (QED) is 0.787. The number of alkyl halides is 3. The zero-order valence-electron chi connectivity index (χ0n) is 11.3. The average Bonchev–Trinajstić information content (AvgIpc) is 2.78. The lowest BCUT2D eigenvalue weighted by molar-refractivity contribution is -0.274. The van der Waals surface area contributed by atoms with E-state index in [1.807, 2.05) is 26.0 Å². The van der Waals surface area contributed by atoms with E-state index < -0.39 is 6.36 Å². The van der Waals surface area contributed by atoms with E-state index in [2.05, 4.69) is 26.0 Å². The molecule has 0 amide bonds. The van der Waals surface area contributed by atoms with Gasteiger partial charge in [0.2, 0.25) is 0 Å². The highest BCUT2D eigenvalue weighted by atomic mass is 79.9. The number of hydrogen-bond acceptors (Lipinski definition) is 3. The number of benzene rings is 1. The minimum atomic E-state index is -4.71. The van der Waals surface area contributed by atoms with E-state index in [4.69, 9.17) is 4.42 Å². The summed E-state index contributed by atoms with van der Waals surface area (Å²) in [6, 6.07) is 7.87. The minimum Gasteiger partial charge on any atom is -0.464 e. The average molecular weight is 364 g/mol. The first kappa shape index (κ1) is 15.8. The molecule has 0 bridgehead atoms. The summed E-state index contributed by atoms with van der Waals surface area (Å²) >= 11 is 3.06. The van der Waals surface area contributed by atoms with E-state index >= 15 is 0 Å². The van der Waals surface area contributed by atoms with Gasteiger partial charge in [0.05, 0.1) is 10.5 Å². The van der Waals surface area contributed by atoms with Crippen LogP contribution in [-0.4, -0.2) is 6.36 Å². The third-order valence-corrected chi connectivity index (χ3v) is 3.35. The number of aryl methyl sites for hydroxylation is 1. The SMILES string of the molecule is Cc1ccc(C(C)Nc2ccc(OC(F)(F)F)c(Br)c2)o1. The highest BCUT2D eigenvalue weighted by molar-refractivity contribution is 9.10. The van der Waals surface area contributed by atoms with Crippen LogP contribution in [0.3, 0.4) is 0 Å². The fourth-order valence-corrected chi connectivity index (χ4v) is 2.27. The fraction of sp³-hybridized carbons (Fsp3) is 0.286. The maximum Gasteiger partial charge on any atom is 0.573 e. The van der Waals surface area contributed by atoms with Crippen molar-refractivity contribution >= 4 is 21.6 Å². The molecule has 2 aromatic rings. The van der Waals surface area contributed by atoms with Gasteiger partial charge in [0.1, 0.15) is 17.3 Å². The van der Waals surface area contributed by atoms with Gasteiger partial charge >= 0.3 is 6.36 Å². The lowest BCUT2D eigenvalue weighted by atomic mass is 10.2. The molecule has 3 nitrogen and oxygen atoms in total. The Morgan fingerprint density at radius 1 is 1.24 bits per heavy atom. The third-order valence-electron chi connectivity index (χ3n) is 2.73. The van der Waals surface area contributed by atoms with E-state index in [1.165, 1.54) is 18.2 Å². The van der Waals surface area contributed by atoms with Gasteiger partial charge in [-0.05, 0) is 60.1 Å². The first-order valence-electron chi connectivity index (χ1n) is 6.13.